The molecular weight excluding hydrogens is 288 g/mol. The number of ether oxygens (including phenoxy) is 1. The topological polar surface area (TPSA) is 63.6 Å². The summed E-state index contributed by atoms with van der Waals surface area (Å²) in [6.45, 7) is 0. The molecule has 0 aliphatic heterocycles. The number of carboxylic acid groups (broad SMARTS) is 1. The number of aliphatic carboxylic acids is 1. The number of alkyl halides is 1. The Morgan fingerprint density at radius 1 is 1.53 bits per heavy atom. The predicted octanol–water partition coefficient (Wildman–Crippen LogP) is 1.90. The second-order valence-electron chi connectivity index (χ2n) is 3.90. The largest absolute Gasteiger partial charge is 0.496 e. The van der Waals surface area contributed by atoms with Gasteiger partial charge in [-0.1, -0.05) is 28.1 Å². The summed E-state index contributed by atoms with van der Waals surface area (Å²) in [4.78, 5) is 22.5. The molecule has 0 heterocycles. The molecule has 90 valence electrons. The molecule has 2 rings (SSSR count). The van der Waals surface area contributed by atoms with Gasteiger partial charge < -0.3 is 9.84 Å². The van der Waals surface area contributed by atoms with Crippen LogP contribution in [-0.2, 0) is 11.2 Å². The van der Waals surface area contributed by atoms with E-state index in [4.69, 9.17) is 9.84 Å². The number of carbonyl (C=O) groups is 2. The number of hydrogen-bond acceptors (Lipinski definition) is 3. The van der Waals surface area contributed by atoms with Crippen molar-refractivity contribution < 1.29 is 19.4 Å². The molecule has 4 nitrogen and oxygen atoms in total. The van der Waals surface area contributed by atoms with E-state index in [0.717, 1.165) is 0 Å². The molecule has 0 fully saturated rings. The van der Waals surface area contributed by atoms with Gasteiger partial charge in [-0.3, -0.25) is 9.59 Å². The molecule has 1 aromatic carbocycles. The average Bonchev–Trinajstić information content (AvgIpc) is 2.32. The minimum atomic E-state index is -0.975. The smallest absolute Gasteiger partial charge is 0.308 e. The number of ketones is 1. The lowest BCUT2D eigenvalue weighted by atomic mass is 9.82. The molecule has 0 bridgehead atoms. The fourth-order valence-corrected chi connectivity index (χ4v) is 2.73. The molecule has 1 aliphatic carbocycles. The highest BCUT2D eigenvalue weighted by Crippen LogP contribution is 2.35. The van der Waals surface area contributed by atoms with Crippen molar-refractivity contribution in [3.8, 4) is 5.75 Å². The van der Waals surface area contributed by atoms with E-state index in [1.54, 1.807) is 18.2 Å². The zero-order chi connectivity index (χ0) is 12.6. The molecule has 0 saturated carbocycles. The summed E-state index contributed by atoms with van der Waals surface area (Å²) in [7, 11) is 1.51. The van der Waals surface area contributed by atoms with Crippen molar-refractivity contribution in [2.45, 2.75) is 11.2 Å². The summed E-state index contributed by atoms with van der Waals surface area (Å²) in [6, 6.07) is 5.17. The van der Waals surface area contributed by atoms with Crippen molar-refractivity contribution in [2.75, 3.05) is 7.11 Å². The van der Waals surface area contributed by atoms with Crippen molar-refractivity contribution >= 4 is 27.7 Å². The first kappa shape index (κ1) is 12.1. The quantitative estimate of drug-likeness (QED) is 0.847. The first-order chi connectivity index (χ1) is 8.06. The van der Waals surface area contributed by atoms with Crippen LogP contribution in [0, 0.1) is 5.92 Å². The molecule has 0 saturated heterocycles. The van der Waals surface area contributed by atoms with Gasteiger partial charge in [0, 0.05) is 11.1 Å². The number of fused-ring (bicyclic) bond motifs is 1. The third-order valence-corrected chi connectivity index (χ3v) is 4.02. The summed E-state index contributed by atoms with van der Waals surface area (Å²) >= 11 is 3.17. The minimum absolute atomic E-state index is 0.197. The van der Waals surface area contributed by atoms with Crippen LogP contribution in [0.1, 0.15) is 15.9 Å². The van der Waals surface area contributed by atoms with E-state index in [1.165, 1.54) is 7.11 Å². The van der Waals surface area contributed by atoms with Crippen LogP contribution in [0.3, 0.4) is 0 Å². The number of carbonyl (C=O) groups excluding carboxylic acids is 1. The Balaban J connectivity index is 2.53. The fraction of sp³-hybridized carbons (Fsp3) is 0.333. The van der Waals surface area contributed by atoms with Crippen LogP contribution in [0.4, 0.5) is 0 Å². The van der Waals surface area contributed by atoms with Crippen molar-refractivity contribution in [2.24, 2.45) is 5.92 Å². The molecule has 1 aliphatic rings. The Bertz CT molecular complexity index is 483. The Hall–Kier alpha value is -1.36. The van der Waals surface area contributed by atoms with E-state index in [1.807, 2.05) is 0 Å². The van der Waals surface area contributed by atoms with Crippen LogP contribution in [-0.4, -0.2) is 28.8 Å². The number of benzene rings is 1. The summed E-state index contributed by atoms with van der Waals surface area (Å²) in [6.07, 6.45) is 0.302. The molecule has 2 atom stereocenters. The standard InChI is InChI=1S/C12H11BrO4/c1-17-9-4-2-3-6-7(9)5-8(12(15)16)10(13)11(6)14/h2-4,8,10H,5H2,1H3,(H,15,16). The lowest BCUT2D eigenvalue weighted by Gasteiger charge is -2.26. The molecule has 0 radical (unpaired) electrons. The highest BCUT2D eigenvalue weighted by atomic mass is 79.9. The maximum atomic E-state index is 12.0. The lowest BCUT2D eigenvalue weighted by Crippen LogP contribution is -2.37. The van der Waals surface area contributed by atoms with Crippen LogP contribution in [0.15, 0.2) is 18.2 Å². The Kier molecular flexibility index (Phi) is 3.19. The van der Waals surface area contributed by atoms with Crippen LogP contribution >= 0.6 is 15.9 Å². The van der Waals surface area contributed by atoms with E-state index >= 15 is 0 Å². The Morgan fingerprint density at radius 3 is 2.82 bits per heavy atom. The van der Waals surface area contributed by atoms with Gasteiger partial charge >= 0.3 is 5.97 Å². The second-order valence-corrected chi connectivity index (χ2v) is 4.89. The third-order valence-electron chi connectivity index (χ3n) is 2.96. The molecule has 0 spiro atoms. The first-order valence-electron chi connectivity index (χ1n) is 5.13. The first-order valence-corrected chi connectivity index (χ1v) is 6.04. The summed E-state index contributed by atoms with van der Waals surface area (Å²) in [5.41, 5.74) is 1.23. The van der Waals surface area contributed by atoms with Crippen molar-refractivity contribution in [3.63, 3.8) is 0 Å². The van der Waals surface area contributed by atoms with Gasteiger partial charge in [0.1, 0.15) is 5.75 Å². The van der Waals surface area contributed by atoms with Gasteiger partial charge in [-0.25, -0.2) is 0 Å². The van der Waals surface area contributed by atoms with Gasteiger partial charge in [0.2, 0.25) is 0 Å². The van der Waals surface area contributed by atoms with E-state index in [0.29, 0.717) is 23.3 Å². The zero-order valence-corrected chi connectivity index (χ0v) is 10.7. The molecule has 2 unspecified atom stereocenters. The van der Waals surface area contributed by atoms with E-state index in [-0.39, 0.29) is 5.78 Å². The molecule has 0 amide bonds. The number of hydrogen-bond donors (Lipinski definition) is 1. The van der Waals surface area contributed by atoms with E-state index < -0.39 is 16.7 Å². The van der Waals surface area contributed by atoms with Crippen LogP contribution in [0.5, 0.6) is 5.75 Å². The lowest BCUT2D eigenvalue weighted by molar-refractivity contribution is -0.141. The molecule has 1 aromatic rings. The van der Waals surface area contributed by atoms with E-state index in [9.17, 15) is 9.59 Å². The van der Waals surface area contributed by atoms with E-state index in [2.05, 4.69) is 15.9 Å². The van der Waals surface area contributed by atoms with Gasteiger partial charge in [0.05, 0.1) is 17.9 Å². The molecule has 5 heteroatoms. The number of methoxy groups -OCH3 is 1. The van der Waals surface area contributed by atoms with Gasteiger partial charge in [0.25, 0.3) is 0 Å². The minimum Gasteiger partial charge on any atom is -0.496 e. The number of rotatable bonds is 2. The SMILES string of the molecule is COc1cccc2c1CC(C(=O)O)C(Br)C2=O. The normalized spacial score (nSPS) is 23.1. The Morgan fingerprint density at radius 2 is 2.24 bits per heavy atom. The van der Waals surface area contributed by atoms with Gasteiger partial charge in [-0.15, -0.1) is 0 Å². The third kappa shape index (κ3) is 1.95. The predicted molar refractivity (Wildman–Crippen MR) is 64.9 cm³/mol. The van der Waals surface area contributed by atoms with Crippen LogP contribution in [0.25, 0.3) is 0 Å². The summed E-state index contributed by atoms with van der Waals surface area (Å²) in [5, 5.41) is 9.09. The van der Waals surface area contributed by atoms with Gasteiger partial charge in [-0.2, -0.15) is 0 Å². The summed E-state index contributed by atoms with van der Waals surface area (Å²) < 4.78 is 5.16. The number of Topliss-reactive ketones (excluding diaryl/α,β-unsaturated/α-hetero) is 1. The monoisotopic (exact) mass is 298 g/mol. The second kappa shape index (κ2) is 4.49. The van der Waals surface area contributed by atoms with Crippen LogP contribution in [0.2, 0.25) is 0 Å². The van der Waals surface area contributed by atoms with Crippen molar-refractivity contribution in [1.82, 2.24) is 0 Å². The molecule has 17 heavy (non-hydrogen) atoms. The highest BCUT2D eigenvalue weighted by molar-refractivity contribution is 9.10. The number of halogens is 1. The highest BCUT2D eigenvalue weighted by Gasteiger charge is 2.39. The average molecular weight is 299 g/mol. The van der Waals surface area contributed by atoms with Crippen molar-refractivity contribution in [1.29, 1.82) is 0 Å². The molecule has 0 aromatic heterocycles. The maximum Gasteiger partial charge on any atom is 0.308 e. The molecule has 1 N–H and O–H groups in total. The fourth-order valence-electron chi connectivity index (χ4n) is 2.07. The van der Waals surface area contributed by atoms with Gasteiger partial charge in [0.15, 0.2) is 5.78 Å². The van der Waals surface area contributed by atoms with Crippen molar-refractivity contribution in [3.05, 3.63) is 29.3 Å². The molecular formula is C12H11BrO4. The van der Waals surface area contributed by atoms with Crippen LogP contribution < -0.4 is 4.74 Å². The Labute approximate surface area is 107 Å². The summed E-state index contributed by atoms with van der Waals surface area (Å²) in [5.74, 6) is -1.35. The maximum absolute atomic E-state index is 12.0. The van der Waals surface area contributed by atoms with Gasteiger partial charge in [-0.05, 0) is 12.5 Å². The zero-order valence-electron chi connectivity index (χ0n) is 9.14. The number of carboxylic acids is 1.